The summed E-state index contributed by atoms with van der Waals surface area (Å²) in [6, 6.07) is 44.2. The van der Waals surface area contributed by atoms with Crippen LogP contribution in [0.2, 0.25) is 0 Å². The Kier molecular flexibility index (Phi) is 13.1. The lowest BCUT2D eigenvalue weighted by Gasteiger charge is -2.40. The van der Waals surface area contributed by atoms with Gasteiger partial charge in [-0.05, 0) is 48.2 Å². The Morgan fingerprint density at radius 1 is 0.431 bits per heavy atom. The summed E-state index contributed by atoms with van der Waals surface area (Å²) in [4.78, 5) is 29.1. The predicted molar refractivity (Wildman–Crippen MR) is 222 cm³/mol. The number of amides is 2. The monoisotopic (exact) mass is 780 g/mol. The minimum Gasteiger partial charge on any atom is -0.496 e. The summed E-state index contributed by atoms with van der Waals surface area (Å²) in [7, 11) is 5.99. The molecule has 2 atom stereocenters. The molecule has 58 heavy (non-hydrogen) atoms. The quantitative estimate of drug-likeness (QED) is 0.0836. The van der Waals surface area contributed by atoms with Crippen molar-refractivity contribution in [1.82, 2.24) is 10.6 Å². The number of carbonyl (C=O) groups excluding carboxylic acids is 2. The third-order valence-corrected chi connectivity index (χ3v) is 10.5. The van der Waals surface area contributed by atoms with Gasteiger partial charge in [0.2, 0.25) is 0 Å². The first-order valence-electron chi connectivity index (χ1n) is 18.9. The molecule has 0 heterocycles. The van der Waals surface area contributed by atoms with Crippen LogP contribution in [0.25, 0.3) is 0 Å². The van der Waals surface area contributed by atoms with E-state index in [-0.39, 0.29) is 12.8 Å². The molecular weight excluding hydrogens is 733 g/mol. The van der Waals surface area contributed by atoms with Gasteiger partial charge in [-0.1, -0.05) is 133 Å². The van der Waals surface area contributed by atoms with Crippen LogP contribution in [0.3, 0.4) is 0 Å². The smallest absolute Gasteiger partial charge is 0.309 e. The Bertz CT molecular complexity index is 2040. The molecule has 4 N–H and O–H groups in total. The molecule has 0 radical (unpaired) electrons. The molecule has 0 bridgehead atoms. The molecule has 6 aromatic carbocycles. The van der Waals surface area contributed by atoms with Crippen molar-refractivity contribution in [2.45, 2.75) is 36.1 Å². The van der Waals surface area contributed by atoms with E-state index in [0.29, 0.717) is 45.3 Å². The third kappa shape index (κ3) is 8.39. The zero-order chi connectivity index (χ0) is 41.1. The maximum absolute atomic E-state index is 14.6. The Labute approximate surface area is 339 Å². The highest BCUT2D eigenvalue weighted by Crippen LogP contribution is 2.45. The highest BCUT2D eigenvalue weighted by Gasteiger charge is 2.48. The fourth-order valence-corrected chi connectivity index (χ4v) is 7.63. The average molecular weight is 781 g/mol. The van der Waals surface area contributed by atoms with Crippen molar-refractivity contribution in [3.05, 3.63) is 191 Å². The van der Waals surface area contributed by atoms with Crippen molar-refractivity contribution in [1.29, 1.82) is 0 Å². The van der Waals surface area contributed by atoms with Crippen LogP contribution in [0.15, 0.2) is 158 Å². The Morgan fingerprint density at radius 2 is 0.672 bits per heavy atom. The van der Waals surface area contributed by atoms with Crippen LogP contribution in [0.4, 0.5) is 0 Å². The topological polar surface area (TPSA) is 136 Å². The summed E-state index contributed by atoms with van der Waals surface area (Å²) in [5.74, 6) is -0.679. The minimum atomic E-state index is -2.01. The van der Waals surface area contributed by atoms with Gasteiger partial charge in [-0.2, -0.15) is 0 Å². The second-order valence-corrected chi connectivity index (χ2v) is 13.8. The summed E-state index contributed by atoms with van der Waals surface area (Å²) >= 11 is 0. The molecule has 0 saturated carbocycles. The van der Waals surface area contributed by atoms with E-state index in [9.17, 15) is 19.8 Å². The van der Waals surface area contributed by atoms with Crippen molar-refractivity contribution >= 4 is 11.8 Å². The first kappa shape index (κ1) is 41.0. The molecule has 6 aromatic rings. The number of ether oxygens (including phenoxy) is 4. The fraction of sp³-hybridized carbons (Fsp3) is 0.208. The van der Waals surface area contributed by atoms with E-state index in [2.05, 4.69) is 10.6 Å². The zero-order valence-corrected chi connectivity index (χ0v) is 32.9. The SMILES string of the molecule is COc1ccccc1C(O)(c1ccccc1OC)C(Cc1ccccc1)NC(=O)C(=O)NC(Cc1ccccc1)C(O)(c1ccccc1OC)c1ccccc1OC. The maximum Gasteiger partial charge on any atom is 0.309 e. The fourth-order valence-electron chi connectivity index (χ4n) is 7.63. The number of hydrogen-bond acceptors (Lipinski definition) is 8. The van der Waals surface area contributed by atoms with Gasteiger partial charge < -0.3 is 39.8 Å². The molecule has 0 aliphatic heterocycles. The number of carbonyl (C=O) groups is 2. The number of rotatable bonds is 16. The second kappa shape index (κ2) is 18.5. The molecule has 0 aliphatic rings. The van der Waals surface area contributed by atoms with Gasteiger partial charge in [0.15, 0.2) is 0 Å². The normalized spacial score (nSPS) is 12.4. The van der Waals surface area contributed by atoms with E-state index in [1.807, 2.05) is 60.7 Å². The lowest BCUT2D eigenvalue weighted by atomic mass is 9.76. The van der Waals surface area contributed by atoms with Gasteiger partial charge in [0.25, 0.3) is 0 Å². The average Bonchev–Trinajstić information content (AvgIpc) is 3.28. The van der Waals surface area contributed by atoms with E-state index in [4.69, 9.17) is 18.9 Å². The van der Waals surface area contributed by atoms with E-state index >= 15 is 0 Å². The lowest BCUT2D eigenvalue weighted by Crippen LogP contribution is -2.59. The maximum atomic E-state index is 14.6. The van der Waals surface area contributed by atoms with E-state index in [0.717, 1.165) is 11.1 Å². The van der Waals surface area contributed by atoms with Gasteiger partial charge in [-0.15, -0.1) is 0 Å². The van der Waals surface area contributed by atoms with Crippen LogP contribution in [0.1, 0.15) is 33.4 Å². The molecule has 0 aliphatic carbocycles. The summed E-state index contributed by atoms with van der Waals surface area (Å²) in [6.45, 7) is 0. The molecule has 2 amide bonds. The first-order chi connectivity index (χ1) is 28.2. The molecule has 6 rings (SSSR count). The molecule has 0 fully saturated rings. The van der Waals surface area contributed by atoms with Crippen LogP contribution in [-0.2, 0) is 33.6 Å². The Hall–Kier alpha value is -6.62. The molecule has 0 spiro atoms. The van der Waals surface area contributed by atoms with Gasteiger partial charge >= 0.3 is 11.8 Å². The van der Waals surface area contributed by atoms with Crippen LogP contribution in [0.5, 0.6) is 23.0 Å². The Balaban J connectivity index is 1.48. The van der Waals surface area contributed by atoms with Crippen molar-refractivity contribution in [2.75, 3.05) is 28.4 Å². The minimum absolute atomic E-state index is 0.0896. The number of hydrogen-bond donors (Lipinski definition) is 4. The van der Waals surface area contributed by atoms with Gasteiger partial charge in [-0.25, -0.2) is 0 Å². The lowest BCUT2D eigenvalue weighted by molar-refractivity contribution is -0.142. The highest BCUT2D eigenvalue weighted by atomic mass is 16.5. The number of nitrogens with one attached hydrogen (secondary N) is 2. The summed E-state index contributed by atoms with van der Waals surface area (Å²) in [5.41, 5.74) is -1.10. The second-order valence-electron chi connectivity index (χ2n) is 13.8. The van der Waals surface area contributed by atoms with Gasteiger partial charge in [0, 0.05) is 22.3 Å². The molecule has 0 aromatic heterocycles. The largest absolute Gasteiger partial charge is 0.496 e. The molecular formula is C48H48N2O8. The van der Waals surface area contributed by atoms with Crippen LogP contribution in [-0.4, -0.2) is 62.6 Å². The van der Waals surface area contributed by atoms with Gasteiger partial charge in [-0.3, -0.25) is 9.59 Å². The van der Waals surface area contributed by atoms with E-state index < -0.39 is 35.1 Å². The standard InChI is InChI=1S/C48H48N2O8/c1-55-39-27-15-11-23-35(39)47(53,36-24-12-16-28-40(36)56-2)43(31-33-19-7-5-8-20-33)49-45(51)46(52)50-44(32-34-21-9-6-10-22-34)48(54,37-25-13-17-29-41(37)57-3)38-26-14-18-30-42(38)58-4/h5-30,43-44,53-54H,31-32H2,1-4H3,(H,49,51)(H,50,52). The zero-order valence-electron chi connectivity index (χ0n) is 32.9. The van der Waals surface area contributed by atoms with Crippen molar-refractivity contribution in [3.63, 3.8) is 0 Å². The molecule has 10 nitrogen and oxygen atoms in total. The molecule has 298 valence electrons. The number of para-hydroxylation sites is 4. The summed E-state index contributed by atoms with van der Waals surface area (Å²) in [5, 5.41) is 32.4. The number of aliphatic hydroxyl groups is 2. The van der Waals surface area contributed by atoms with Gasteiger partial charge in [0.1, 0.15) is 34.2 Å². The van der Waals surface area contributed by atoms with E-state index in [1.165, 1.54) is 28.4 Å². The van der Waals surface area contributed by atoms with Crippen LogP contribution >= 0.6 is 0 Å². The van der Waals surface area contributed by atoms with E-state index in [1.54, 1.807) is 97.1 Å². The highest BCUT2D eigenvalue weighted by molar-refractivity contribution is 6.35. The number of benzene rings is 6. The van der Waals surface area contributed by atoms with Crippen molar-refractivity contribution in [3.8, 4) is 23.0 Å². The van der Waals surface area contributed by atoms with Gasteiger partial charge in [0.05, 0.1) is 40.5 Å². The predicted octanol–water partition coefficient (Wildman–Crippen LogP) is 6.35. The Morgan fingerprint density at radius 3 is 0.931 bits per heavy atom. The summed E-state index contributed by atoms with van der Waals surface area (Å²) in [6.07, 6.45) is 0.179. The van der Waals surface area contributed by atoms with Crippen molar-refractivity contribution in [2.24, 2.45) is 0 Å². The van der Waals surface area contributed by atoms with Crippen LogP contribution in [0, 0.1) is 0 Å². The number of methoxy groups -OCH3 is 4. The summed E-state index contributed by atoms with van der Waals surface area (Å²) < 4.78 is 23.1. The molecule has 10 heteroatoms. The third-order valence-electron chi connectivity index (χ3n) is 10.5. The molecule has 0 saturated heterocycles. The molecule has 2 unspecified atom stereocenters. The van der Waals surface area contributed by atoms with Crippen molar-refractivity contribution < 1.29 is 38.7 Å². The first-order valence-corrected chi connectivity index (χ1v) is 18.9. The van der Waals surface area contributed by atoms with Crippen LogP contribution < -0.4 is 29.6 Å².